The minimum atomic E-state index is -1.02. The third kappa shape index (κ3) is 2.45. The molecule has 2 aromatic carbocycles. The first-order chi connectivity index (χ1) is 9.58. The van der Waals surface area contributed by atoms with E-state index in [2.05, 4.69) is 0 Å². The van der Waals surface area contributed by atoms with Gasteiger partial charge in [-0.2, -0.15) is 0 Å². The molecule has 0 fully saturated rings. The quantitative estimate of drug-likeness (QED) is 0.839. The summed E-state index contributed by atoms with van der Waals surface area (Å²) < 4.78 is 5.17. The van der Waals surface area contributed by atoms with Gasteiger partial charge in [0.15, 0.2) is 11.5 Å². The number of carboxylic acid groups (broad SMARTS) is 1. The van der Waals surface area contributed by atoms with E-state index in [4.69, 9.17) is 9.84 Å². The number of ether oxygens (including phenoxy) is 1. The number of carbonyl (C=O) groups is 1. The summed E-state index contributed by atoms with van der Waals surface area (Å²) in [5.41, 5.74) is 1.69. The van der Waals surface area contributed by atoms with Gasteiger partial charge in [-0.15, -0.1) is 0 Å². The number of methoxy groups -OCH3 is 1. The lowest BCUT2D eigenvalue weighted by atomic mass is 9.97. The molecule has 2 aromatic rings. The number of phenolic OH excluding ortho intramolecular Hbond substituents is 1. The van der Waals surface area contributed by atoms with Crippen molar-refractivity contribution in [2.45, 2.75) is 13.3 Å². The van der Waals surface area contributed by atoms with Crippen molar-refractivity contribution in [2.24, 2.45) is 0 Å². The second-order valence-corrected chi connectivity index (χ2v) is 4.38. The molecule has 0 saturated carbocycles. The van der Waals surface area contributed by atoms with Crippen LogP contribution in [-0.2, 0) is 11.2 Å². The number of aliphatic carboxylic acids is 1. The molecule has 104 valence electrons. The van der Waals surface area contributed by atoms with Gasteiger partial charge in [0.2, 0.25) is 0 Å². The van der Waals surface area contributed by atoms with E-state index >= 15 is 0 Å². The van der Waals surface area contributed by atoms with Crippen LogP contribution >= 0.6 is 0 Å². The summed E-state index contributed by atoms with van der Waals surface area (Å²) >= 11 is 0. The molecular formula is C16H16O4. The molecule has 0 aromatic heterocycles. The molecule has 4 heteroatoms. The highest BCUT2D eigenvalue weighted by Gasteiger charge is 2.13. The van der Waals surface area contributed by atoms with Crippen LogP contribution in [-0.4, -0.2) is 23.3 Å². The molecular weight excluding hydrogens is 256 g/mol. The lowest BCUT2D eigenvalue weighted by Crippen LogP contribution is -1.92. The Kier molecular flexibility index (Phi) is 3.94. The Morgan fingerprint density at radius 2 is 2.15 bits per heavy atom. The zero-order chi connectivity index (χ0) is 14.7. The third-order valence-electron chi connectivity index (χ3n) is 3.22. The van der Waals surface area contributed by atoms with E-state index < -0.39 is 5.97 Å². The molecule has 0 bridgehead atoms. The molecule has 0 aliphatic heterocycles. The van der Waals surface area contributed by atoms with Crippen LogP contribution in [0.3, 0.4) is 0 Å². The van der Waals surface area contributed by atoms with Gasteiger partial charge < -0.3 is 14.9 Å². The molecule has 2 N–H and O–H groups in total. The van der Waals surface area contributed by atoms with Crippen molar-refractivity contribution >= 4 is 22.8 Å². The maximum Gasteiger partial charge on any atom is 0.328 e. The third-order valence-corrected chi connectivity index (χ3v) is 3.22. The Hall–Kier alpha value is -2.49. The van der Waals surface area contributed by atoms with Crippen molar-refractivity contribution in [3.63, 3.8) is 0 Å². The summed E-state index contributed by atoms with van der Waals surface area (Å²) in [4.78, 5) is 10.7. The number of hydrogen-bond donors (Lipinski definition) is 2. The van der Waals surface area contributed by atoms with Crippen molar-refractivity contribution in [1.82, 2.24) is 0 Å². The van der Waals surface area contributed by atoms with E-state index in [0.29, 0.717) is 16.7 Å². The van der Waals surface area contributed by atoms with Crippen LogP contribution in [0.15, 0.2) is 30.3 Å². The molecule has 20 heavy (non-hydrogen) atoms. The molecule has 0 saturated heterocycles. The molecule has 0 unspecified atom stereocenters. The van der Waals surface area contributed by atoms with Crippen molar-refractivity contribution in [2.75, 3.05) is 7.11 Å². The highest BCUT2D eigenvalue weighted by Crippen LogP contribution is 2.39. The van der Waals surface area contributed by atoms with Gasteiger partial charge in [-0.1, -0.05) is 25.1 Å². The highest BCUT2D eigenvalue weighted by molar-refractivity contribution is 6.00. The first-order valence-electron chi connectivity index (χ1n) is 6.31. The fourth-order valence-electron chi connectivity index (χ4n) is 2.28. The Labute approximate surface area is 116 Å². The number of aromatic hydroxyl groups is 1. The molecule has 0 amide bonds. The largest absolute Gasteiger partial charge is 0.504 e. The second kappa shape index (κ2) is 5.65. The van der Waals surface area contributed by atoms with Gasteiger partial charge in [-0.05, 0) is 35.1 Å². The Bertz CT molecular complexity index is 686. The average molecular weight is 272 g/mol. The van der Waals surface area contributed by atoms with Crippen LogP contribution in [0.4, 0.5) is 0 Å². The molecule has 4 nitrogen and oxygen atoms in total. The van der Waals surface area contributed by atoms with Crippen LogP contribution in [0.25, 0.3) is 16.8 Å². The predicted molar refractivity (Wildman–Crippen MR) is 78.2 cm³/mol. The van der Waals surface area contributed by atoms with E-state index in [1.807, 2.05) is 25.1 Å². The lowest BCUT2D eigenvalue weighted by Gasteiger charge is -2.13. The van der Waals surface area contributed by atoms with Gasteiger partial charge in [0.1, 0.15) is 0 Å². The molecule has 0 atom stereocenters. The van der Waals surface area contributed by atoms with E-state index in [1.54, 1.807) is 6.07 Å². The lowest BCUT2D eigenvalue weighted by molar-refractivity contribution is -0.131. The maximum absolute atomic E-state index is 10.7. The predicted octanol–water partition coefficient (Wildman–Crippen LogP) is 3.21. The van der Waals surface area contributed by atoms with Crippen molar-refractivity contribution < 1.29 is 19.7 Å². The number of fused-ring (bicyclic) bond motifs is 1. The Morgan fingerprint density at radius 1 is 1.40 bits per heavy atom. The van der Waals surface area contributed by atoms with Crippen molar-refractivity contribution in [3.8, 4) is 11.5 Å². The molecule has 0 spiro atoms. The molecule has 0 aliphatic rings. The van der Waals surface area contributed by atoms with E-state index in [1.165, 1.54) is 13.2 Å². The van der Waals surface area contributed by atoms with Gasteiger partial charge in [-0.25, -0.2) is 4.79 Å². The number of rotatable bonds is 4. The number of carboxylic acids is 1. The van der Waals surface area contributed by atoms with Crippen LogP contribution in [0, 0.1) is 0 Å². The van der Waals surface area contributed by atoms with Gasteiger partial charge >= 0.3 is 5.97 Å². The summed E-state index contributed by atoms with van der Waals surface area (Å²) in [6.07, 6.45) is 3.34. The Morgan fingerprint density at radius 3 is 2.75 bits per heavy atom. The maximum atomic E-state index is 10.7. The molecule has 0 radical (unpaired) electrons. The van der Waals surface area contributed by atoms with Gasteiger partial charge in [0, 0.05) is 11.5 Å². The summed E-state index contributed by atoms with van der Waals surface area (Å²) in [5.74, 6) is -0.590. The summed E-state index contributed by atoms with van der Waals surface area (Å²) in [6, 6.07) is 7.32. The average Bonchev–Trinajstić information content (AvgIpc) is 2.45. The summed E-state index contributed by atoms with van der Waals surface area (Å²) in [7, 11) is 1.47. The number of aryl methyl sites for hydroxylation is 1. The first-order valence-corrected chi connectivity index (χ1v) is 6.31. The van der Waals surface area contributed by atoms with Crippen LogP contribution < -0.4 is 4.74 Å². The fraction of sp³-hybridized carbons (Fsp3) is 0.188. The smallest absolute Gasteiger partial charge is 0.328 e. The highest BCUT2D eigenvalue weighted by atomic mass is 16.5. The van der Waals surface area contributed by atoms with Crippen LogP contribution in [0.1, 0.15) is 18.1 Å². The standard InChI is InChI=1S/C16H16O4/c1-3-10-5-4-6-12-11(7-8-14(17)18)9-13(20-2)16(19)15(10)12/h4-9,19H,3H2,1-2H3,(H,17,18). The minimum absolute atomic E-state index is 0.0902. The molecule has 0 aliphatic carbocycles. The van der Waals surface area contributed by atoms with Gasteiger partial charge in [0.25, 0.3) is 0 Å². The minimum Gasteiger partial charge on any atom is -0.504 e. The summed E-state index contributed by atoms with van der Waals surface area (Å²) in [6.45, 7) is 2.00. The zero-order valence-electron chi connectivity index (χ0n) is 11.4. The van der Waals surface area contributed by atoms with E-state index in [0.717, 1.165) is 23.4 Å². The van der Waals surface area contributed by atoms with E-state index in [9.17, 15) is 9.90 Å². The SMILES string of the molecule is CCc1cccc2c(C=CC(=O)O)cc(OC)c(O)c12. The van der Waals surface area contributed by atoms with Crippen LogP contribution in [0.5, 0.6) is 11.5 Å². The number of benzene rings is 2. The summed E-state index contributed by atoms with van der Waals surface area (Å²) in [5, 5.41) is 20.6. The zero-order valence-corrected chi connectivity index (χ0v) is 11.4. The van der Waals surface area contributed by atoms with Crippen LogP contribution in [0.2, 0.25) is 0 Å². The van der Waals surface area contributed by atoms with Gasteiger partial charge in [0.05, 0.1) is 7.11 Å². The topological polar surface area (TPSA) is 66.8 Å². The normalized spacial score (nSPS) is 11.1. The second-order valence-electron chi connectivity index (χ2n) is 4.38. The number of phenols is 1. The monoisotopic (exact) mass is 272 g/mol. The van der Waals surface area contributed by atoms with Gasteiger partial charge in [-0.3, -0.25) is 0 Å². The molecule has 0 heterocycles. The van der Waals surface area contributed by atoms with Crippen molar-refractivity contribution in [1.29, 1.82) is 0 Å². The molecule has 2 rings (SSSR count). The Balaban J connectivity index is 2.81. The van der Waals surface area contributed by atoms with Crippen molar-refractivity contribution in [3.05, 3.63) is 41.5 Å². The number of hydrogen-bond acceptors (Lipinski definition) is 3. The van der Waals surface area contributed by atoms with E-state index in [-0.39, 0.29) is 5.75 Å². The fourth-order valence-corrected chi connectivity index (χ4v) is 2.28. The first kappa shape index (κ1) is 13.9.